The van der Waals surface area contributed by atoms with Gasteiger partial charge in [0.1, 0.15) is 12.4 Å². The molecule has 0 N–H and O–H groups in total. The normalized spacial score (nSPS) is 15.0. The topological polar surface area (TPSA) is 55.8 Å². The third kappa shape index (κ3) is 4.81. The van der Waals surface area contributed by atoms with E-state index in [0.29, 0.717) is 21.5 Å². The molecule has 148 valence electrons. The molecule has 0 unspecified atom stereocenters. The molecule has 1 fully saturated rings. The molecule has 2 amide bonds. The number of hydrogen-bond acceptors (Lipinski definition) is 5. The van der Waals surface area contributed by atoms with Gasteiger partial charge in [0.05, 0.1) is 23.0 Å². The van der Waals surface area contributed by atoms with Crippen LogP contribution in [0.25, 0.3) is 6.08 Å². The van der Waals surface area contributed by atoms with Crippen LogP contribution in [0, 0.1) is 18.2 Å². The van der Waals surface area contributed by atoms with Crippen LogP contribution >= 0.6 is 27.7 Å². The average molecular weight is 476 g/mol. The van der Waals surface area contributed by atoms with Crippen LogP contribution in [0.2, 0.25) is 0 Å². The van der Waals surface area contributed by atoms with Crippen LogP contribution in [0.15, 0.2) is 45.8 Å². The van der Waals surface area contributed by atoms with Crippen molar-refractivity contribution in [2.24, 2.45) is 0 Å². The molecule has 0 spiro atoms. The van der Waals surface area contributed by atoms with Gasteiger partial charge in [0.2, 0.25) is 0 Å². The number of benzene rings is 2. The first-order valence-corrected chi connectivity index (χ1v) is 9.97. The average Bonchev–Trinajstić information content (AvgIpc) is 2.96. The van der Waals surface area contributed by atoms with E-state index < -0.39 is 11.1 Å². The van der Waals surface area contributed by atoms with Crippen LogP contribution in [-0.2, 0) is 11.4 Å². The summed E-state index contributed by atoms with van der Waals surface area (Å²) in [6.45, 7) is 0.157. The van der Waals surface area contributed by atoms with Gasteiger partial charge in [-0.15, -0.1) is 6.42 Å². The molecule has 1 heterocycles. The first-order chi connectivity index (χ1) is 13.9. The second-order valence-corrected chi connectivity index (χ2v) is 7.77. The van der Waals surface area contributed by atoms with Crippen LogP contribution < -0.4 is 9.47 Å². The number of ether oxygens (including phenoxy) is 2. The number of carbonyl (C=O) groups excluding carboxylic acids is 2. The van der Waals surface area contributed by atoms with Crippen molar-refractivity contribution in [2.75, 3.05) is 13.7 Å². The van der Waals surface area contributed by atoms with E-state index in [9.17, 15) is 14.0 Å². The summed E-state index contributed by atoms with van der Waals surface area (Å²) < 4.78 is 24.9. The fourth-order valence-electron chi connectivity index (χ4n) is 2.58. The Labute approximate surface area is 180 Å². The van der Waals surface area contributed by atoms with Crippen molar-refractivity contribution < 1.29 is 23.5 Å². The fourth-order valence-corrected chi connectivity index (χ4v) is 3.99. The van der Waals surface area contributed by atoms with Crippen molar-refractivity contribution in [1.29, 1.82) is 0 Å². The smallest absolute Gasteiger partial charge is 0.294 e. The van der Waals surface area contributed by atoms with Crippen molar-refractivity contribution >= 4 is 44.9 Å². The molecule has 2 aromatic rings. The van der Waals surface area contributed by atoms with Crippen LogP contribution in [0.5, 0.6) is 11.5 Å². The minimum atomic E-state index is -0.426. The first kappa shape index (κ1) is 21.0. The lowest BCUT2D eigenvalue weighted by molar-refractivity contribution is -0.122. The van der Waals surface area contributed by atoms with Crippen LogP contribution in [0.3, 0.4) is 0 Å². The van der Waals surface area contributed by atoms with E-state index in [2.05, 4.69) is 21.9 Å². The predicted octanol–water partition coefficient (Wildman–Crippen LogP) is 4.85. The van der Waals surface area contributed by atoms with Crippen molar-refractivity contribution in [1.82, 2.24) is 4.90 Å². The Morgan fingerprint density at radius 3 is 2.66 bits per heavy atom. The number of carbonyl (C=O) groups is 2. The molecule has 0 aliphatic carbocycles. The number of rotatable bonds is 6. The molecule has 0 aromatic heterocycles. The standard InChI is InChI=1S/C21H15BrFNO4S/c1-3-8-24-20(25)18(29-21(24)26)11-14-9-16(22)19(17(10-14)27-2)28-12-13-4-6-15(23)7-5-13/h1,4-7,9-11H,8,12H2,2H3/b18-11+. The number of methoxy groups -OCH3 is 1. The monoisotopic (exact) mass is 475 g/mol. The van der Waals surface area contributed by atoms with Gasteiger partial charge in [0.15, 0.2) is 11.5 Å². The summed E-state index contributed by atoms with van der Waals surface area (Å²) >= 11 is 4.28. The zero-order chi connectivity index (χ0) is 21.0. The third-order valence-electron chi connectivity index (χ3n) is 3.97. The van der Waals surface area contributed by atoms with Gasteiger partial charge < -0.3 is 9.47 Å². The predicted molar refractivity (Wildman–Crippen MR) is 113 cm³/mol. The van der Waals surface area contributed by atoms with Crippen molar-refractivity contribution in [2.45, 2.75) is 6.61 Å². The Hall–Kier alpha value is -2.76. The number of terminal acetylenes is 1. The summed E-state index contributed by atoms with van der Waals surface area (Å²) in [4.78, 5) is 25.5. The molecule has 0 bridgehead atoms. The molecule has 5 nitrogen and oxygen atoms in total. The van der Waals surface area contributed by atoms with Gasteiger partial charge >= 0.3 is 0 Å². The van der Waals surface area contributed by atoms with E-state index in [4.69, 9.17) is 15.9 Å². The van der Waals surface area contributed by atoms with Crippen molar-refractivity contribution in [3.8, 4) is 23.8 Å². The summed E-state index contributed by atoms with van der Waals surface area (Å²) in [6.07, 6.45) is 6.80. The van der Waals surface area contributed by atoms with Gasteiger partial charge in [-0.3, -0.25) is 14.5 Å². The zero-order valence-electron chi connectivity index (χ0n) is 15.3. The van der Waals surface area contributed by atoms with Crippen molar-refractivity contribution in [3.05, 3.63) is 62.7 Å². The molecule has 0 saturated carbocycles. The largest absolute Gasteiger partial charge is 0.493 e. The summed E-state index contributed by atoms with van der Waals surface area (Å²) in [5.74, 6) is 2.46. The van der Waals surface area contributed by atoms with Gasteiger partial charge in [-0.25, -0.2) is 4.39 Å². The number of halogens is 2. The maximum Gasteiger partial charge on any atom is 0.294 e. The highest BCUT2D eigenvalue weighted by Crippen LogP contribution is 2.39. The minimum absolute atomic E-state index is 0.0643. The van der Waals surface area contributed by atoms with Crippen molar-refractivity contribution in [3.63, 3.8) is 0 Å². The number of nitrogens with zero attached hydrogens (tertiary/aromatic N) is 1. The summed E-state index contributed by atoms with van der Waals surface area (Å²) in [6, 6.07) is 9.44. The molecule has 0 atom stereocenters. The van der Waals surface area contributed by atoms with Crippen LogP contribution in [0.4, 0.5) is 9.18 Å². The third-order valence-corrected chi connectivity index (χ3v) is 5.47. The van der Waals surface area contributed by atoms with E-state index in [1.165, 1.54) is 19.2 Å². The van der Waals surface area contributed by atoms with Gasteiger partial charge in [-0.2, -0.15) is 0 Å². The Morgan fingerprint density at radius 1 is 1.28 bits per heavy atom. The molecular formula is C21H15BrFNO4S. The van der Waals surface area contributed by atoms with E-state index in [1.54, 1.807) is 30.3 Å². The Balaban J connectivity index is 1.83. The highest BCUT2D eigenvalue weighted by molar-refractivity contribution is 9.10. The SMILES string of the molecule is C#CCN1C(=O)S/C(=C/c2cc(Br)c(OCc3ccc(F)cc3)c(OC)c2)C1=O. The second-order valence-electron chi connectivity index (χ2n) is 5.92. The van der Waals surface area contributed by atoms with E-state index >= 15 is 0 Å². The molecule has 8 heteroatoms. The van der Waals surface area contributed by atoms with Crippen LogP contribution in [-0.4, -0.2) is 29.7 Å². The summed E-state index contributed by atoms with van der Waals surface area (Å²) in [5.41, 5.74) is 1.45. The zero-order valence-corrected chi connectivity index (χ0v) is 17.7. The maximum atomic E-state index is 13.0. The van der Waals surface area contributed by atoms with Gasteiger partial charge in [0.25, 0.3) is 11.1 Å². The molecule has 3 rings (SSSR count). The summed E-state index contributed by atoms with van der Waals surface area (Å²) in [7, 11) is 1.50. The van der Waals surface area contributed by atoms with Gasteiger partial charge in [-0.1, -0.05) is 18.1 Å². The molecule has 2 aromatic carbocycles. The molecule has 1 aliphatic heterocycles. The highest BCUT2D eigenvalue weighted by Gasteiger charge is 2.34. The molecule has 1 saturated heterocycles. The van der Waals surface area contributed by atoms with E-state index in [0.717, 1.165) is 22.2 Å². The molecule has 29 heavy (non-hydrogen) atoms. The van der Waals surface area contributed by atoms with Gasteiger partial charge in [-0.05, 0) is 69.2 Å². The van der Waals surface area contributed by atoms with Gasteiger partial charge in [0, 0.05) is 0 Å². The maximum absolute atomic E-state index is 13.0. The minimum Gasteiger partial charge on any atom is -0.493 e. The highest BCUT2D eigenvalue weighted by atomic mass is 79.9. The molecular weight excluding hydrogens is 461 g/mol. The van der Waals surface area contributed by atoms with Crippen LogP contribution in [0.1, 0.15) is 11.1 Å². The number of imide groups is 1. The molecule has 1 aliphatic rings. The lowest BCUT2D eigenvalue weighted by Crippen LogP contribution is -2.28. The number of hydrogen-bond donors (Lipinski definition) is 0. The lowest BCUT2D eigenvalue weighted by Gasteiger charge is -2.14. The number of thioether (sulfide) groups is 1. The van der Waals surface area contributed by atoms with E-state index in [-0.39, 0.29) is 23.9 Å². The Bertz CT molecular complexity index is 1030. The number of amides is 2. The quantitative estimate of drug-likeness (QED) is 0.441. The first-order valence-electron chi connectivity index (χ1n) is 8.36. The Kier molecular flexibility index (Phi) is 6.62. The molecule has 0 radical (unpaired) electrons. The summed E-state index contributed by atoms with van der Waals surface area (Å²) in [5, 5.41) is -0.399. The second kappa shape index (κ2) is 9.16. The lowest BCUT2D eigenvalue weighted by atomic mass is 10.1. The Morgan fingerprint density at radius 2 is 2.00 bits per heavy atom. The van der Waals surface area contributed by atoms with E-state index in [1.807, 2.05) is 0 Å². The fraction of sp³-hybridized carbons (Fsp3) is 0.143.